The van der Waals surface area contributed by atoms with Crippen molar-refractivity contribution in [2.24, 2.45) is 5.73 Å². The number of hydrogen-bond acceptors (Lipinski definition) is 3. The third kappa shape index (κ3) is 3.80. The Kier molecular flexibility index (Phi) is 4.49. The van der Waals surface area contributed by atoms with Crippen LogP contribution >= 0.6 is 0 Å². The molecule has 0 bridgehead atoms. The van der Waals surface area contributed by atoms with Crippen LogP contribution in [0, 0.1) is 17.7 Å². The first-order valence-corrected chi connectivity index (χ1v) is 5.80. The average molecular weight is 256 g/mol. The van der Waals surface area contributed by atoms with Crippen LogP contribution in [0.25, 0.3) is 0 Å². The van der Waals surface area contributed by atoms with Gasteiger partial charge in [0, 0.05) is 11.8 Å². The lowest BCUT2D eigenvalue weighted by molar-refractivity contribution is 0.304. The number of benzene rings is 1. The number of nitrogens with two attached hydrogens (primary N) is 1. The highest BCUT2D eigenvalue weighted by Crippen LogP contribution is 2.18. The summed E-state index contributed by atoms with van der Waals surface area (Å²) in [7, 11) is 0. The Balaban J connectivity index is 2.11. The standard InChI is InChI=1S/C15H13FN2O/c16-14-8-12(9-18-10-14)11-19-15-6-2-1-4-13(15)5-3-7-17/h1-2,4,6,8-10H,7,11,17H2. The Morgan fingerprint density at radius 3 is 2.89 bits per heavy atom. The van der Waals surface area contributed by atoms with Gasteiger partial charge in [0.05, 0.1) is 18.3 Å². The van der Waals surface area contributed by atoms with E-state index in [1.54, 1.807) is 6.20 Å². The van der Waals surface area contributed by atoms with Gasteiger partial charge in [0.15, 0.2) is 0 Å². The number of pyridine rings is 1. The molecule has 0 aliphatic carbocycles. The first-order chi connectivity index (χ1) is 9.29. The minimum atomic E-state index is -0.377. The molecule has 0 unspecified atom stereocenters. The molecule has 0 aliphatic rings. The molecule has 19 heavy (non-hydrogen) atoms. The second-order valence-electron chi connectivity index (χ2n) is 3.80. The Morgan fingerprint density at radius 2 is 2.11 bits per heavy atom. The lowest BCUT2D eigenvalue weighted by Gasteiger charge is -2.07. The summed E-state index contributed by atoms with van der Waals surface area (Å²) in [6.07, 6.45) is 2.72. The van der Waals surface area contributed by atoms with Crippen molar-refractivity contribution in [2.45, 2.75) is 6.61 Å². The fourth-order valence-corrected chi connectivity index (χ4v) is 1.54. The first kappa shape index (κ1) is 13.1. The molecule has 0 radical (unpaired) electrons. The highest BCUT2D eigenvalue weighted by Gasteiger charge is 2.02. The van der Waals surface area contributed by atoms with E-state index in [9.17, 15) is 4.39 Å². The molecule has 3 nitrogen and oxygen atoms in total. The molecule has 4 heteroatoms. The van der Waals surface area contributed by atoms with Crippen LogP contribution in [0.3, 0.4) is 0 Å². The summed E-state index contributed by atoms with van der Waals surface area (Å²) in [5.74, 6) is 5.98. The van der Waals surface area contributed by atoms with E-state index in [1.165, 1.54) is 6.07 Å². The number of rotatable bonds is 3. The van der Waals surface area contributed by atoms with Crippen molar-refractivity contribution in [1.82, 2.24) is 4.98 Å². The highest BCUT2D eigenvalue weighted by atomic mass is 19.1. The summed E-state index contributed by atoms with van der Waals surface area (Å²) < 4.78 is 18.6. The minimum absolute atomic E-state index is 0.242. The van der Waals surface area contributed by atoms with Gasteiger partial charge in [-0.1, -0.05) is 24.0 Å². The van der Waals surface area contributed by atoms with Gasteiger partial charge < -0.3 is 10.5 Å². The quantitative estimate of drug-likeness (QED) is 0.856. The molecule has 1 aromatic carbocycles. The smallest absolute Gasteiger partial charge is 0.141 e. The van der Waals surface area contributed by atoms with Gasteiger partial charge in [0.1, 0.15) is 18.2 Å². The fourth-order valence-electron chi connectivity index (χ4n) is 1.54. The Morgan fingerprint density at radius 1 is 1.26 bits per heavy atom. The van der Waals surface area contributed by atoms with Crippen molar-refractivity contribution < 1.29 is 9.13 Å². The normalized spacial score (nSPS) is 9.58. The molecule has 0 atom stereocenters. The second-order valence-corrected chi connectivity index (χ2v) is 3.80. The predicted molar refractivity (Wildman–Crippen MR) is 70.9 cm³/mol. The van der Waals surface area contributed by atoms with Gasteiger partial charge in [0.2, 0.25) is 0 Å². The topological polar surface area (TPSA) is 48.1 Å². The zero-order chi connectivity index (χ0) is 13.5. The first-order valence-electron chi connectivity index (χ1n) is 5.80. The summed E-state index contributed by atoms with van der Waals surface area (Å²) in [5, 5.41) is 0. The monoisotopic (exact) mass is 256 g/mol. The zero-order valence-electron chi connectivity index (χ0n) is 10.3. The summed E-state index contributed by atoms with van der Waals surface area (Å²) in [6, 6.07) is 8.78. The van der Waals surface area contributed by atoms with Crippen molar-refractivity contribution in [3.63, 3.8) is 0 Å². The number of hydrogen-bond donors (Lipinski definition) is 1. The van der Waals surface area contributed by atoms with Crippen LogP contribution in [-0.4, -0.2) is 11.5 Å². The maximum Gasteiger partial charge on any atom is 0.141 e. The van der Waals surface area contributed by atoms with Crippen LogP contribution in [0.15, 0.2) is 42.7 Å². The van der Waals surface area contributed by atoms with Crippen molar-refractivity contribution in [1.29, 1.82) is 0 Å². The van der Waals surface area contributed by atoms with Gasteiger partial charge in [-0.2, -0.15) is 0 Å². The van der Waals surface area contributed by atoms with Gasteiger partial charge >= 0.3 is 0 Å². The van der Waals surface area contributed by atoms with Crippen molar-refractivity contribution in [3.8, 4) is 17.6 Å². The summed E-state index contributed by atoms with van der Waals surface area (Å²) in [4.78, 5) is 3.77. The minimum Gasteiger partial charge on any atom is -0.488 e. The molecule has 2 rings (SSSR count). The van der Waals surface area contributed by atoms with Crippen molar-refractivity contribution >= 4 is 0 Å². The van der Waals surface area contributed by atoms with Gasteiger partial charge in [-0.3, -0.25) is 4.98 Å². The molecule has 0 fully saturated rings. The van der Waals surface area contributed by atoms with E-state index in [1.807, 2.05) is 24.3 Å². The van der Waals surface area contributed by atoms with E-state index >= 15 is 0 Å². The van der Waals surface area contributed by atoms with Crippen LogP contribution in [-0.2, 0) is 6.61 Å². The fraction of sp³-hybridized carbons (Fsp3) is 0.133. The summed E-state index contributed by atoms with van der Waals surface area (Å²) in [6.45, 7) is 0.536. The van der Waals surface area contributed by atoms with Crippen molar-refractivity contribution in [2.75, 3.05) is 6.54 Å². The van der Waals surface area contributed by atoms with Crippen molar-refractivity contribution in [3.05, 3.63) is 59.7 Å². The Hall–Kier alpha value is -2.38. The van der Waals surface area contributed by atoms with Crippen LogP contribution < -0.4 is 10.5 Å². The number of halogens is 1. The molecule has 0 aliphatic heterocycles. The largest absolute Gasteiger partial charge is 0.488 e. The van der Waals surface area contributed by atoms with Gasteiger partial charge in [-0.05, 0) is 18.2 Å². The maximum atomic E-state index is 13.0. The molecule has 2 N–H and O–H groups in total. The molecule has 1 aromatic heterocycles. The molecule has 0 spiro atoms. The second kappa shape index (κ2) is 6.53. The number of ether oxygens (including phenoxy) is 1. The molecule has 1 heterocycles. The summed E-state index contributed by atoms with van der Waals surface area (Å²) >= 11 is 0. The van der Waals surface area contributed by atoms with Gasteiger partial charge in [-0.15, -0.1) is 0 Å². The predicted octanol–water partition coefficient (Wildman–Crippen LogP) is 2.11. The number of nitrogens with zero attached hydrogens (tertiary/aromatic N) is 1. The molecular weight excluding hydrogens is 243 g/mol. The maximum absolute atomic E-state index is 13.0. The third-order valence-electron chi connectivity index (χ3n) is 2.37. The molecule has 0 amide bonds. The zero-order valence-corrected chi connectivity index (χ0v) is 10.3. The van der Waals surface area contributed by atoms with E-state index in [4.69, 9.17) is 10.5 Å². The lowest BCUT2D eigenvalue weighted by atomic mass is 10.2. The van der Waals surface area contributed by atoms with E-state index < -0.39 is 0 Å². The summed E-state index contributed by atoms with van der Waals surface area (Å²) in [5.41, 5.74) is 6.77. The third-order valence-corrected chi connectivity index (χ3v) is 2.37. The number of aromatic nitrogens is 1. The van der Waals surface area contributed by atoms with E-state index in [0.29, 0.717) is 17.9 Å². The van der Waals surface area contributed by atoms with Gasteiger partial charge in [-0.25, -0.2) is 4.39 Å². The van der Waals surface area contributed by atoms with Gasteiger partial charge in [0.25, 0.3) is 0 Å². The molecular formula is C15H13FN2O. The molecule has 96 valence electrons. The molecule has 2 aromatic rings. The van der Waals surface area contributed by atoms with Crippen LogP contribution in [0.4, 0.5) is 4.39 Å². The Bertz CT molecular complexity index is 617. The molecule has 0 saturated heterocycles. The van der Waals surface area contributed by atoms with E-state index in [0.717, 1.165) is 11.8 Å². The lowest BCUT2D eigenvalue weighted by Crippen LogP contribution is -1.99. The van der Waals surface area contributed by atoms with E-state index in [2.05, 4.69) is 16.8 Å². The number of para-hydroxylation sites is 1. The Labute approximate surface area is 111 Å². The van der Waals surface area contributed by atoms with Crippen LogP contribution in [0.1, 0.15) is 11.1 Å². The highest BCUT2D eigenvalue weighted by molar-refractivity contribution is 5.46. The van der Waals surface area contributed by atoms with Crippen LogP contribution in [0.2, 0.25) is 0 Å². The average Bonchev–Trinajstić information content (AvgIpc) is 2.44. The van der Waals surface area contributed by atoms with E-state index in [-0.39, 0.29) is 12.4 Å². The van der Waals surface area contributed by atoms with Crippen LogP contribution in [0.5, 0.6) is 5.75 Å². The molecule has 0 saturated carbocycles. The SMILES string of the molecule is NCC#Cc1ccccc1OCc1cncc(F)c1.